The van der Waals surface area contributed by atoms with Crippen LogP contribution in [0.25, 0.3) is 22.0 Å². The van der Waals surface area contributed by atoms with Gasteiger partial charge in [-0.25, -0.2) is 0 Å². The Morgan fingerprint density at radius 3 is 2.52 bits per heavy atom. The number of fused-ring (bicyclic) bond motifs is 1. The summed E-state index contributed by atoms with van der Waals surface area (Å²) in [6, 6.07) is 14.4. The fraction of sp³-hybridized carbons (Fsp3) is 0.391. The van der Waals surface area contributed by atoms with Gasteiger partial charge in [-0.15, -0.1) is 0 Å². The Bertz CT molecular complexity index is 844. The summed E-state index contributed by atoms with van der Waals surface area (Å²) in [5, 5.41) is 11.8. The normalized spacial score (nSPS) is 12.0. The molecule has 0 atom stereocenters. The number of para-hydroxylation sites is 1. The van der Waals surface area contributed by atoms with E-state index < -0.39 is 0 Å². The molecular formula is C23H29NO. The molecule has 0 spiro atoms. The molecule has 2 nitrogen and oxygen atoms in total. The number of nitrogens with one attached hydrogen (secondary N) is 1. The van der Waals surface area contributed by atoms with Crippen LogP contribution in [0.3, 0.4) is 0 Å². The average Bonchev–Trinajstić information content (AvgIpc) is 3.02. The van der Waals surface area contributed by atoms with Crippen molar-refractivity contribution in [3.63, 3.8) is 0 Å². The van der Waals surface area contributed by atoms with Crippen LogP contribution in [0.4, 0.5) is 0 Å². The fourth-order valence-corrected chi connectivity index (χ4v) is 3.61. The molecule has 0 bridgehead atoms. The molecule has 2 N–H and O–H groups in total. The highest BCUT2D eigenvalue weighted by atomic mass is 16.3. The summed E-state index contributed by atoms with van der Waals surface area (Å²) in [4.78, 5) is 3.29. The second-order valence-electron chi connectivity index (χ2n) is 7.67. The van der Waals surface area contributed by atoms with E-state index in [0.29, 0.717) is 5.75 Å². The zero-order valence-corrected chi connectivity index (χ0v) is 15.6. The zero-order chi connectivity index (χ0) is 17.9. The van der Waals surface area contributed by atoms with Crippen LogP contribution < -0.4 is 0 Å². The van der Waals surface area contributed by atoms with Crippen LogP contribution in [-0.2, 0) is 5.41 Å². The number of aromatic amines is 1. The molecule has 0 unspecified atom stereocenters. The summed E-state index contributed by atoms with van der Waals surface area (Å²) >= 11 is 0. The van der Waals surface area contributed by atoms with Gasteiger partial charge in [0.05, 0.1) is 0 Å². The number of H-pyrrole nitrogens is 1. The van der Waals surface area contributed by atoms with Gasteiger partial charge in [0.15, 0.2) is 0 Å². The number of phenolic OH excluding ortho intramolecular Hbond substituents is 1. The summed E-state index contributed by atoms with van der Waals surface area (Å²) in [5.41, 5.74) is 4.34. The smallest absolute Gasteiger partial charge is 0.123 e. The maximum Gasteiger partial charge on any atom is 0.123 e. The Morgan fingerprint density at radius 2 is 1.76 bits per heavy atom. The van der Waals surface area contributed by atoms with Crippen LogP contribution in [0, 0.1) is 0 Å². The molecule has 25 heavy (non-hydrogen) atoms. The molecule has 0 fully saturated rings. The maximum absolute atomic E-state index is 10.7. The van der Waals surface area contributed by atoms with Crippen molar-refractivity contribution in [3.05, 3.63) is 54.2 Å². The Kier molecular flexibility index (Phi) is 5.17. The van der Waals surface area contributed by atoms with Crippen molar-refractivity contribution in [1.82, 2.24) is 4.98 Å². The van der Waals surface area contributed by atoms with E-state index in [4.69, 9.17) is 0 Å². The molecule has 3 rings (SSSR count). The van der Waals surface area contributed by atoms with Gasteiger partial charge in [-0.1, -0.05) is 76.8 Å². The molecule has 0 aliphatic carbocycles. The van der Waals surface area contributed by atoms with E-state index in [1.807, 2.05) is 24.4 Å². The lowest BCUT2D eigenvalue weighted by atomic mass is 9.79. The summed E-state index contributed by atoms with van der Waals surface area (Å²) < 4.78 is 0. The third-order valence-electron chi connectivity index (χ3n) is 5.31. The summed E-state index contributed by atoms with van der Waals surface area (Å²) in [7, 11) is 0. The van der Waals surface area contributed by atoms with Gasteiger partial charge in [-0.3, -0.25) is 0 Å². The number of aromatic hydroxyl groups is 1. The van der Waals surface area contributed by atoms with Crippen molar-refractivity contribution in [2.45, 2.75) is 58.3 Å². The molecule has 1 aromatic heterocycles. The van der Waals surface area contributed by atoms with Gasteiger partial charge in [0.25, 0.3) is 0 Å². The van der Waals surface area contributed by atoms with Crippen LogP contribution in [0.1, 0.15) is 58.4 Å². The third-order valence-corrected chi connectivity index (χ3v) is 5.31. The number of unbranched alkanes of at least 4 members (excludes halogenated alkanes) is 3. The van der Waals surface area contributed by atoms with Crippen LogP contribution >= 0.6 is 0 Å². The molecule has 0 saturated heterocycles. The van der Waals surface area contributed by atoms with E-state index in [2.05, 4.69) is 50.0 Å². The van der Waals surface area contributed by atoms with Gasteiger partial charge < -0.3 is 10.1 Å². The van der Waals surface area contributed by atoms with E-state index in [-0.39, 0.29) is 5.41 Å². The maximum atomic E-state index is 10.7. The predicted molar refractivity (Wildman–Crippen MR) is 107 cm³/mol. The minimum atomic E-state index is 0.0873. The van der Waals surface area contributed by atoms with Gasteiger partial charge in [0.1, 0.15) is 5.75 Å². The number of aromatic nitrogens is 1. The zero-order valence-electron chi connectivity index (χ0n) is 15.6. The third kappa shape index (κ3) is 3.73. The van der Waals surface area contributed by atoms with E-state index >= 15 is 0 Å². The highest BCUT2D eigenvalue weighted by Crippen LogP contribution is 2.38. The van der Waals surface area contributed by atoms with Crippen LogP contribution in [0.2, 0.25) is 0 Å². The first-order chi connectivity index (χ1) is 12.0. The molecular weight excluding hydrogens is 306 g/mol. The van der Waals surface area contributed by atoms with E-state index in [0.717, 1.165) is 28.5 Å². The van der Waals surface area contributed by atoms with Crippen LogP contribution in [0.5, 0.6) is 5.75 Å². The van der Waals surface area contributed by atoms with Crippen molar-refractivity contribution >= 4 is 10.9 Å². The van der Waals surface area contributed by atoms with Crippen molar-refractivity contribution in [1.29, 1.82) is 0 Å². The Labute approximate surface area is 150 Å². The first kappa shape index (κ1) is 17.6. The monoisotopic (exact) mass is 335 g/mol. The fourth-order valence-electron chi connectivity index (χ4n) is 3.61. The van der Waals surface area contributed by atoms with Gasteiger partial charge in [-0.05, 0) is 29.5 Å². The van der Waals surface area contributed by atoms with E-state index in [1.54, 1.807) is 0 Å². The Hall–Kier alpha value is -2.22. The lowest BCUT2D eigenvalue weighted by Crippen LogP contribution is -2.16. The van der Waals surface area contributed by atoms with Gasteiger partial charge in [-0.2, -0.15) is 0 Å². The van der Waals surface area contributed by atoms with Gasteiger partial charge in [0.2, 0.25) is 0 Å². The molecule has 0 amide bonds. The highest BCUT2D eigenvalue weighted by Gasteiger charge is 2.22. The lowest BCUT2D eigenvalue weighted by molar-refractivity contribution is 0.438. The average molecular weight is 335 g/mol. The SMILES string of the molecule is CCCCCCC(C)(C)c1ccc(-c2c[nH]c3ccccc23)c(O)c1. The Morgan fingerprint density at radius 1 is 0.960 bits per heavy atom. The van der Waals surface area contributed by atoms with Crippen molar-refractivity contribution in [2.75, 3.05) is 0 Å². The Balaban J connectivity index is 1.86. The largest absolute Gasteiger partial charge is 0.507 e. The van der Waals surface area contributed by atoms with Crippen molar-refractivity contribution < 1.29 is 5.11 Å². The quantitative estimate of drug-likeness (QED) is 0.458. The van der Waals surface area contributed by atoms with Crippen molar-refractivity contribution in [3.8, 4) is 16.9 Å². The number of hydrogen-bond donors (Lipinski definition) is 2. The predicted octanol–water partition coefficient (Wildman–Crippen LogP) is 6.79. The van der Waals surface area contributed by atoms with E-state index in [9.17, 15) is 5.11 Å². The van der Waals surface area contributed by atoms with Crippen molar-refractivity contribution in [2.24, 2.45) is 0 Å². The molecule has 0 aliphatic rings. The number of phenols is 1. The van der Waals surface area contributed by atoms with Crippen LogP contribution in [-0.4, -0.2) is 10.1 Å². The lowest BCUT2D eigenvalue weighted by Gasteiger charge is -2.26. The van der Waals surface area contributed by atoms with E-state index in [1.165, 1.54) is 31.2 Å². The first-order valence-corrected chi connectivity index (χ1v) is 9.43. The summed E-state index contributed by atoms with van der Waals surface area (Å²) in [6.07, 6.45) is 8.24. The molecule has 2 aromatic carbocycles. The molecule has 132 valence electrons. The second kappa shape index (κ2) is 7.35. The van der Waals surface area contributed by atoms with Gasteiger partial charge in [0, 0.05) is 28.2 Å². The first-order valence-electron chi connectivity index (χ1n) is 9.43. The number of hydrogen-bond acceptors (Lipinski definition) is 1. The molecule has 3 aromatic rings. The van der Waals surface area contributed by atoms with Crippen LogP contribution in [0.15, 0.2) is 48.7 Å². The molecule has 1 heterocycles. The number of benzene rings is 2. The molecule has 0 saturated carbocycles. The minimum Gasteiger partial charge on any atom is -0.507 e. The summed E-state index contributed by atoms with van der Waals surface area (Å²) in [6.45, 7) is 6.80. The van der Waals surface area contributed by atoms with Gasteiger partial charge >= 0.3 is 0 Å². The molecule has 0 radical (unpaired) electrons. The highest BCUT2D eigenvalue weighted by molar-refractivity contribution is 5.96. The molecule has 2 heteroatoms. The minimum absolute atomic E-state index is 0.0873. The second-order valence-corrected chi connectivity index (χ2v) is 7.67. The molecule has 0 aliphatic heterocycles. The standard InChI is InChI=1S/C23H29NO/c1-4-5-6-9-14-23(2,3)17-12-13-19(22(25)15-17)20-16-24-21-11-8-7-10-18(20)21/h7-8,10-13,15-16,24-25H,4-6,9,14H2,1-3H3. The number of rotatable bonds is 7. The summed E-state index contributed by atoms with van der Waals surface area (Å²) in [5.74, 6) is 0.365. The topological polar surface area (TPSA) is 36.0 Å².